The van der Waals surface area contributed by atoms with Crippen molar-refractivity contribution in [1.29, 1.82) is 0 Å². The van der Waals surface area contributed by atoms with E-state index in [0.29, 0.717) is 11.3 Å². The van der Waals surface area contributed by atoms with E-state index in [2.05, 4.69) is 0 Å². The fourth-order valence-electron chi connectivity index (χ4n) is 1.83. The van der Waals surface area contributed by atoms with Gasteiger partial charge in [-0.05, 0) is 43.3 Å². The molecule has 0 aliphatic rings. The summed E-state index contributed by atoms with van der Waals surface area (Å²) in [7, 11) is 0. The molecule has 0 radical (unpaired) electrons. The molecule has 0 saturated heterocycles. The Hall–Kier alpha value is -2.40. The lowest BCUT2D eigenvalue weighted by atomic mass is 10.1. The molecule has 1 atom stereocenters. The summed E-state index contributed by atoms with van der Waals surface area (Å²) >= 11 is 0. The van der Waals surface area contributed by atoms with Gasteiger partial charge in [-0.3, -0.25) is 4.79 Å². The van der Waals surface area contributed by atoms with Crippen molar-refractivity contribution in [2.24, 2.45) is 5.73 Å². The molecule has 104 valence electrons. The second-order valence-corrected chi connectivity index (χ2v) is 4.32. The average molecular weight is 275 g/mol. The van der Waals surface area contributed by atoms with Crippen LogP contribution in [0.25, 0.3) is 0 Å². The molecule has 1 amide bonds. The van der Waals surface area contributed by atoms with Crippen LogP contribution in [0, 0.1) is 5.82 Å². The maximum atomic E-state index is 13.7. The Balaban J connectivity index is 2.30. The summed E-state index contributed by atoms with van der Waals surface area (Å²) in [5.74, 6) is -0.424. The van der Waals surface area contributed by atoms with Gasteiger partial charge in [0.2, 0.25) is 5.91 Å². The summed E-state index contributed by atoms with van der Waals surface area (Å²) in [6.07, 6.45) is -0.990. The van der Waals surface area contributed by atoms with Crippen molar-refractivity contribution in [2.45, 2.75) is 13.0 Å². The summed E-state index contributed by atoms with van der Waals surface area (Å²) in [6.45, 7) is 1.46. The molecule has 0 heterocycles. The highest BCUT2D eigenvalue weighted by Crippen LogP contribution is 2.31. The summed E-state index contributed by atoms with van der Waals surface area (Å²) in [5, 5.41) is 9.60. The number of benzene rings is 2. The molecule has 20 heavy (non-hydrogen) atoms. The third-order valence-corrected chi connectivity index (χ3v) is 2.80. The van der Waals surface area contributed by atoms with Gasteiger partial charge in [0.15, 0.2) is 0 Å². The van der Waals surface area contributed by atoms with Crippen LogP contribution in [0.2, 0.25) is 0 Å². The first-order chi connectivity index (χ1) is 9.49. The summed E-state index contributed by atoms with van der Waals surface area (Å²) in [5.41, 5.74) is 5.58. The Morgan fingerprint density at radius 3 is 2.45 bits per heavy atom. The van der Waals surface area contributed by atoms with Crippen LogP contribution < -0.4 is 10.5 Å². The van der Waals surface area contributed by atoms with Crippen LogP contribution in [0.5, 0.6) is 11.5 Å². The smallest absolute Gasteiger partial charge is 0.248 e. The van der Waals surface area contributed by atoms with Gasteiger partial charge in [-0.1, -0.05) is 6.07 Å². The highest BCUT2D eigenvalue weighted by molar-refractivity contribution is 5.92. The van der Waals surface area contributed by atoms with Crippen LogP contribution >= 0.6 is 0 Å². The highest BCUT2D eigenvalue weighted by atomic mass is 19.1. The fraction of sp³-hybridized carbons (Fsp3) is 0.133. The third-order valence-electron chi connectivity index (χ3n) is 2.80. The maximum Gasteiger partial charge on any atom is 0.248 e. The molecule has 0 saturated carbocycles. The van der Waals surface area contributed by atoms with Gasteiger partial charge >= 0.3 is 0 Å². The normalized spacial score (nSPS) is 11.9. The molecule has 0 aromatic heterocycles. The SMILES string of the molecule is C[C@H](O)c1c(F)cccc1Oc1ccc(C(N)=O)cc1. The predicted octanol–water partition coefficient (Wildman–Crippen LogP) is 2.77. The minimum atomic E-state index is -0.990. The Kier molecular flexibility index (Phi) is 4.00. The number of rotatable bonds is 4. The van der Waals surface area contributed by atoms with Gasteiger partial charge < -0.3 is 15.6 Å². The average Bonchev–Trinajstić information content (AvgIpc) is 2.39. The number of halogens is 1. The lowest BCUT2D eigenvalue weighted by Gasteiger charge is -2.14. The molecular formula is C15H14FNO3. The van der Waals surface area contributed by atoms with Gasteiger partial charge in [0.25, 0.3) is 0 Å². The Bertz CT molecular complexity index is 624. The molecular weight excluding hydrogens is 261 g/mol. The van der Waals surface area contributed by atoms with E-state index in [1.54, 1.807) is 18.2 Å². The lowest BCUT2D eigenvalue weighted by molar-refractivity contribution is 0.100. The number of amides is 1. The topological polar surface area (TPSA) is 72.6 Å². The van der Waals surface area contributed by atoms with Crippen LogP contribution in [0.1, 0.15) is 28.9 Å². The minimum Gasteiger partial charge on any atom is -0.457 e. The standard InChI is InChI=1S/C15H14FNO3/c1-9(18)14-12(16)3-2-4-13(14)20-11-7-5-10(6-8-11)15(17)19/h2-9,18H,1H3,(H2,17,19)/t9-/m0/s1. The first-order valence-electron chi connectivity index (χ1n) is 6.03. The van der Waals surface area contributed by atoms with E-state index in [-0.39, 0.29) is 11.3 Å². The zero-order valence-corrected chi connectivity index (χ0v) is 10.8. The first-order valence-corrected chi connectivity index (χ1v) is 6.03. The van der Waals surface area contributed by atoms with Gasteiger partial charge in [0, 0.05) is 5.56 Å². The summed E-state index contributed by atoms with van der Waals surface area (Å²) in [6, 6.07) is 10.4. The Morgan fingerprint density at radius 2 is 1.90 bits per heavy atom. The molecule has 0 aliphatic heterocycles. The van der Waals surface area contributed by atoms with Crippen molar-refractivity contribution >= 4 is 5.91 Å². The summed E-state index contributed by atoms with van der Waals surface area (Å²) in [4.78, 5) is 11.0. The number of aliphatic hydroxyl groups excluding tert-OH is 1. The molecule has 3 N–H and O–H groups in total. The number of primary amides is 1. The van der Waals surface area contributed by atoms with E-state index in [9.17, 15) is 14.3 Å². The van der Waals surface area contributed by atoms with Crippen molar-refractivity contribution in [3.05, 3.63) is 59.4 Å². The number of carbonyl (C=O) groups is 1. The summed E-state index contributed by atoms with van der Waals surface area (Å²) < 4.78 is 19.2. The zero-order valence-electron chi connectivity index (χ0n) is 10.8. The van der Waals surface area contributed by atoms with Gasteiger partial charge in [-0.25, -0.2) is 4.39 Å². The number of aliphatic hydroxyl groups is 1. The monoisotopic (exact) mass is 275 g/mol. The van der Waals surface area contributed by atoms with Crippen LogP contribution in [-0.2, 0) is 0 Å². The van der Waals surface area contributed by atoms with Crippen LogP contribution in [-0.4, -0.2) is 11.0 Å². The highest BCUT2D eigenvalue weighted by Gasteiger charge is 2.15. The third kappa shape index (κ3) is 2.95. The van der Waals surface area contributed by atoms with Crippen LogP contribution in [0.4, 0.5) is 4.39 Å². The molecule has 2 rings (SSSR count). The van der Waals surface area contributed by atoms with Crippen LogP contribution in [0.3, 0.4) is 0 Å². The maximum absolute atomic E-state index is 13.7. The molecule has 0 fully saturated rings. The van der Waals surface area contributed by atoms with Crippen molar-refractivity contribution in [3.8, 4) is 11.5 Å². The van der Waals surface area contributed by atoms with E-state index in [0.717, 1.165) is 0 Å². The van der Waals surface area contributed by atoms with E-state index < -0.39 is 17.8 Å². The molecule has 4 nitrogen and oxygen atoms in total. The Labute approximate surface area is 115 Å². The number of hydrogen-bond acceptors (Lipinski definition) is 3. The first kappa shape index (κ1) is 14.0. The van der Waals surface area contributed by atoms with E-state index >= 15 is 0 Å². The largest absolute Gasteiger partial charge is 0.457 e. The number of hydrogen-bond donors (Lipinski definition) is 2. The van der Waals surface area contributed by atoms with Gasteiger partial charge in [0.1, 0.15) is 17.3 Å². The second kappa shape index (κ2) is 5.71. The van der Waals surface area contributed by atoms with Crippen molar-refractivity contribution in [1.82, 2.24) is 0 Å². The molecule has 2 aromatic carbocycles. The predicted molar refractivity (Wildman–Crippen MR) is 72.1 cm³/mol. The Morgan fingerprint density at radius 1 is 1.25 bits per heavy atom. The fourth-order valence-corrected chi connectivity index (χ4v) is 1.83. The van der Waals surface area contributed by atoms with E-state index in [1.807, 2.05) is 0 Å². The molecule has 0 aliphatic carbocycles. The second-order valence-electron chi connectivity index (χ2n) is 4.32. The van der Waals surface area contributed by atoms with E-state index in [1.165, 1.54) is 31.2 Å². The van der Waals surface area contributed by atoms with Crippen molar-refractivity contribution < 1.29 is 19.0 Å². The molecule has 5 heteroatoms. The van der Waals surface area contributed by atoms with Gasteiger partial charge in [-0.2, -0.15) is 0 Å². The quantitative estimate of drug-likeness (QED) is 0.901. The number of nitrogens with two attached hydrogens (primary N) is 1. The molecule has 2 aromatic rings. The molecule has 0 bridgehead atoms. The van der Waals surface area contributed by atoms with Gasteiger partial charge in [0.05, 0.1) is 11.7 Å². The minimum absolute atomic E-state index is 0.0893. The van der Waals surface area contributed by atoms with Crippen molar-refractivity contribution in [2.75, 3.05) is 0 Å². The molecule has 0 unspecified atom stereocenters. The van der Waals surface area contributed by atoms with Gasteiger partial charge in [-0.15, -0.1) is 0 Å². The zero-order chi connectivity index (χ0) is 14.7. The molecule has 0 spiro atoms. The van der Waals surface area contributed by atoms with Crippen LogP contribution in [0.15, 0.2) is 42.5 Å². The lowest BCUT2D eigenvalue weighted by Crippen LogP contribution is -2.10. The van der Waals surface area contributed by atoms with Crippen molar-refractivity contribution in [3.63, 3.8) is 0 Å². The van der Waals surface area contributed by atoms with E-state index in [4.69, 9.17) is 10.5 Å². The number of ether oxygens (including phenoxy) is 1. The number of carbonyl (C=O) groups excluding carboxylic acids is 1.